The molecule has 1 unspecified atom stereocenters. The van der Waals surface area contributed by atoms with Gasteiger partial charge in [-0.25, -0.2) is 4.39 Å². The van der Waals surface area contributed by atoms with Gasteiger partial charge in [-0.05, 0) is 41.0 Å². The summed E-state index contributed by atoms with van der Waals surface area (Å²) >= 11 is 3.28. The minimum Gasteiger partial charge on any atom is -0.380 e. The van der Waals surface area contributed by atoms with Crippen molar-refractivity contribution in [2.24, 2.45) is 0 Å². The van der Waals surface area contributed by atoms with Gasteiger partial charge in [0.1, 0.15) is 5.82 Å². The fourth-order valence-electron chi connectivity index (χ4n) is 1.94. The Kier molecular flexibility index (Phi) is 3.95. The highest BCUT2D eigenvalue weighted by Gasteiger charge is 2.21. The minimum absolute atomic E-state index is 0.200. The van der Waals surface area contributed by atoms with Gasteiger partial charge in [-0.1, -0.05) is 12.1 Å². The maximum atomic E-state index is 13.3. The zero-order valence-electron chi connectivity index (χ0n) is 9.25. The van der Waals surface area contributed by atoms with Crippen molar-refractivity contribution in [1.82, 2.24) is 4.90 Å². The van der Waals surface area contributed by atoms with Crippen LogP contribution in [0.25, 0.3) is 0 Å². The Morgan fingerprint density at radius 2 is 2.38 bits per heavy atom. The summed E-state index contributed by atoms with van der Waals surface area (Å²) in [7, 11) is 2.05. The monoisotopic (exact) mass is 287 g/mol. The molecule has 1 aromatic carbocycles. The summed E-state index contributed by atoms with van der Waals surface area (Å²) in [5.41, 5.74) is 0.981. The SMILES string of the molecule is CN(Cc1cccc(F)c1Br)C1CCOC1. The molecule has 1 saturated heterocycles. The summed E-state index contributed by atoms with van der Waals surface area (Å²) in [4.78, 5) is 2.21. The van der Waals surface area contributed by atoms with E-state index in [1.807, 2.05) is 6.07 Å². The Morgan fingerprint density at radius 1 is 1.56 bits per heavy atom. The molecule has 1 heterocycles. The van der Waals surface area contributed by atoms with E-state index in [4.69, 9.17) is 4.74 Å². The van der Waals surface area contributed by atoms with Crippen molar-refractivity contribution in [3.63, 3.8) is 0 Å². The highest BCUT2D eigenvalue weighted by molar-refractivity contribution is 9.10. The zero-order valence-corrected chi connectivity index (χ0v) is 10.8. The summed E-state index contributed by atoms with van der Waals surface area (Å²) in [5, 5.41) is 0. The van der Waals surface area contributed by atoms with Crippen LogP contribution in [0.3, 0.4) is 0 Å². The molecule has 16 heavy (non-hydrogen) atoms. The van der Waals surface area contributed by atoms with Gasteiger partial charge in [0.05, 0.1) is 11.1 Å². The second-order valence-electron chi connectivity index (χ2n) is 4.15. The molecule has 0 radical (unpaired) electrons. The summed E-state index contributed by atoms with van der Waals surface area (Å²) in [6, 6.07) is 5.61. The molecule has 2 rings (SSSR count). The molecule has 1 aliphatic heterocycles. The van der Waals surface area contributed by atoms with Crippen molar-refractivity contribution < 1.29 is 9.13 Å². The first-order valence-corrected chi connectivity index (χ1v) is 6.18. The Labute approximate surface area is 104 Å². The maximum Gasteiger partial charge on any atom is 0.137 e. The van der Waals surface area contributed by atoms with E-state index in [-0.39, 0.29) is 5.82 Å². The Morgan fingerprint density at radius 3 is 3.06 bits per heavy atom. The van der Waals surface area contributed by atoms with Crippen molar-refractivity contribution in [3.8, 4) is 0 Å². The zero-order chi connectivity index (χ0) is 11.5. The molecule has 1 atom stereocenters. The van der Waals surface area contributed by atoms with Crippen LogP contribution in [0.15, 0.2) is 22.7 Å². The molecule has 4 heteroatoms. The van der Waals surface area contributed by atoms with E-state index in [2.05, 4.69) is 27.9 Å². The molecule has 88 valence electrons. The average molecular weight is 288 g/mol. The lowest BCUT2D eigenvalue weighted by Gasteiger charge is -2.23. The van der Waals surface area contributed by atoms with Crippen LogP contribution >= 0.6 is 15.9 Å². The standard InChI is InChI=1S/C12H15BrFNO/c1-15(10-5-6-16-8-10)7-9-3-2-4-11(14)12(9)13/h2-4,10H,5-8H2,1H3. The van der Waals surface area contributed by atoms with E-state index in [0.717, 1.165) is 31.7 Å². The van der Waals surface area contributed by atoms with Gasteiger partial charge in [0.25, 0.3) is 0 Å². The van der Waals surface area contributed by atoms with Crippen LogP contribution < -0.4 is 0 Å². The largest absolute Gasteiger partial charge is 0.380 e. The summed E-state index contributed by atoms with van der Waals surface area (Å²) in [5.74, 6) is -0.200. The van der Waals surface area contributed by atoms with E-state index in [1.165, 1.54) is 6.07 Å². The lowest BCUT2D eigenvalue weighted by Crippen LogP contribution is -2.31. The molecule has 2 nitrogen and oxygen atoms in total. The molecule has 0 N–H and O–H groups in total. The normalized spacial score (nSPS) is 20.6. The topological polar surface area (TPSA) is 12.5 Å². The van der Waals surface area contributed by atoms with Crippen LogP contribution in [0.2, 0.25) is 0 Å². The van der Waals surface area contributed by atoms with Gasteiger partial charge in [0.2, 0.25) is 0 Å². The highest BCUT2D eigenvalue weighted by atomic mass is 79.9. The number of hydrogen-bond acceptors (Lipinski definition) is 2. The minimum atomic E-state index is -0.200. The van der Waals surface area contributed by atoms with Gasteiger partial charge in [-0.15, -0.1) is 0 Å². The Hall–Kier alpha value is -0.450. The van der Waals surface area contributed by atoms with Crippen LogP contribution in [-0.2, 0) is 11.3 Å². The first-order chi connectivity index (χ1) is 7.68. The van der Waals surface area contributed by atoms with Crippen LogP contribution in [0.1, 0.15) is 12.0 Å². The number of nitrogens with zero attached hydrogens (tertiary/aromatic N) is 1. The van der Waals surface area contributed by atoms with Gasteiger partial charge in [-0.2, -0.15) is 0 Å². The van der Waals surface area contributed by atoms with Gasteiger partial charge < -0.3 is 4.74 Å². The van der Waals surface area contributed by atoms with E-state index in [1.54, 1.807) is 6.07 Å². The second-order valence-corrected chi connectivity index (χ2v) is 4.94. The fourth-order valence-corrected chi connectivity index (χ4v) is 2.33. The predicted octanol–water partition coefficient (Wildman–Crippen LogP) is 2.81. The lowest BCUT2D eigenvalue weighted by molar-refractivity contribution is 0.156. The third kappa shape index (κ3) is 2.62. The number of benzene rings is 1. The molecule has 1 fully saturated rings. The van der Waals surface area contributed by atoms with Gasteiger partial charge >= 0.3 is 0 Å². The van der Waals surface area contributed by atoms with E-state index in [0.29, 0.717) is 10.5 Å². The number of hydrogen-bond donors (Lipinski definition) is 0. The third-order valence-electron chi connectivity index (χ3n) is 2.98. The quantitative estimate of drug-likeness (QED) is 0.848. The number of likely N-dealkylation sites (N-methyl/N-ethyl adjacent to an activating group) is 1. The molecular weight excluding hydrogens is 273 g/mol. The van der Waals surface area contributed by atoms with Crippen molar-refractivity contribution in [2.75, 3.05) is 20.3 Å². The molecule has 0 amide bonds. The molecule has 0 spiro atoms. The van der Waals surface area contributed by atoms with E-state index < -0.39 is 0 Å². The first kappa shape index (κ1) is 12.0. The van der Waals surface area contributed by atoms with Gasteiger partial charge in [-0.3, -0.25) is 4.90 Å². The van der Waals surface area contributed by atoms with Crippen molar-refractivity contribution in [2.45, 2.75) is 19.0 Å². The molecule has 0 saturated carbocycles. The number of halogens is 2. The lowest BCUT2D eigenvalue weighted by atomic mass is 10.1. The average Bonchev–Trinajstić information content (AvgIpc) is 2.78. The molecule has 0 bridgehead atoms. The van der Waals surface area contributed by atoms with Gasteiger partial charge in [0, 0.05) is 19.2 Å². The Bertz CT molecular complexity index is 366. The molecule has 1 aromatic rings. The highest BCUT2D eigenvalue weighted by Crippen LogP contribution is 2.23. The number of ether oxygens (including phenoxy) is 1. The maximum absolute atomic E-state index is 13.3. The van der Waals surface area contributed by atoms with E-state index >= 15 is 0 Å². The summed E-state index contributed by atoms with van der Waals surface area (Å²) < 4.78 is 19.2. The van der Waals surface area contributed by atoms with Gasteiger partial charge in [0.15, 0.2) is 0 Å². The molecular formula is C12H15BrFNO. The summed E-state index contributed by atoms with van der Waals surface area (Å²) in [6.45, 7) is 2.36. The smallest absolute Gasteiger partial charge is 0.137 e. The molecule has 0 aliphatic carbocycles. The third-order valence-corrected chi connectivity index (χ3v) is 3.87. The second kappa shape index (κ2) is 5.25. The van der Waals surface area contributed by atoms with Crippen LogP contribution in [0.4, 0.5) is 4.39 Å². The van der Waals surface area contributed by atoms with E-state index in [9.17, 15) is 4.39 Å². The van der Waals surface area contributed by atoms with Crippen molar-refractivity contribution in [1.29, 1.82) is 0 Å². The molecule has 0 aromatic heterocycles. The summed E-state index contributed by atoms with van der Waals surface area (Å²) in [6.07, 6.45) is 1.06. The number of rotatable bonds is 3. The predicted molar refractivity (Wildman–Crippen MR) is 64.8 cm³/mol. The van der Waals surface area contributed by atoms with Crippen LogP contribution in [0, 0.1) is 5.82 Å². The van der Waals surface area contributed by atoms with Crippen LogP contribution in [0.5, 0.6) is 0 Å². The fraction of sp³-hybridized carbons (Fsp3) is 0.500. The van der Waals surface area contributed by atoms with Crippen LogP contribution in [-0.4, -0.2) is 31.2 Å². The van der Waals surface area contributed by atoms with Crippen molar-refractivity contribution in [3.05, 3.63) is 34.1 Å². The first-order valence-electron chi connectivity index (χ1n) is 5.39. The molecule has 1 aliphatic rings. The van der Waals surface area contributed by atoms with Crippen molar-refractivity contribution >= 4 is 15.9 Å². The Balaban J connectivity index is 2.05.